The maximum Gasteiger partial charge on any atom is 0.286 e. The molecule has 294 valence electrons. The number of carbonyl (C=O) groups excluding carboxylic acids is 1. The van der Waals surface area contributed by atoms with Crippen LogP contribution >= 0.6 is 0 Å². The van der Waals surface area contributed by atoms with Crippen LogP contribution in [0.5, 0.6) is 0 Å². The number of unbranched alkanes of at least 4 members (excludes halogenated alkanes) is 31. The van der Waals surface area contributed by atoms with Gasteiger partial charge in [0, 0.05) is 25.9 Å². The van der Waals surface area contributed by atoms with Gasteiger partial charge in [-0.2, -0.15) is 0 Å². The summed E-state index contributed by atoms with van der Waals surface area (Å²) in [6.07, 6.45) is 45.3. The first-order chi connectivity index (χ1) is 24.1. The van der Waals surface area contributed by atoms with Gasteiger partial charge in [0.25, 0.3) is 6.29 Å². The Bertz CT molecular complexity index is 608. The molecule has 0 aromatic carbocycles. The topological polar surface area (TPSA) is 63.5 Å². The van der Waals surface area contributed by atoms with Crippen LogP contribution in [0.15, 0.2) is 0 Å². The SMILES string of the molecule is CCCCCCCCCCCCCCCCCCN(CCCCCCCCCCCCCCCCCC)C(=O)CCCC[O+](C)C(O)CO. The van der Waals surface area contributed by atoms with Gasteiger partial charge in [0.2, 0.25) is 5.91 Å². The standard InChI is InChI=1S/C44H90NO4/c1-4-6-8-10-12-14-16-18-20-22-24-26-28-30-32-35-39-45(43(47)38-34-37-41-49(3)44(48)42-46)40-36-33-31-29-27-25-23-21-19-17-15-13-11-9-7-5-2/h44,46,48H,4-42H2,1-3H3/q+1. The highest BCUT2D eigenvalue weighted by Gasteiger charge is 2.16. The zero-order valence-corrected chi connectivity index (χ0v) is 33.8. The summed E-state index contributed by atoms with van der Waals surface area (Å²) < 4.78 is 2.59. The number of carbonyl (C=O) groups is 1. The van der Waals surface area contributed by atoms with Crippen molar-refractivity contribution in [3.05, 3.63) is 0 Å². The Morgan fingerprint density at radius 1 is 0.469 bits per heavy atom. The third-order valence-electron chi connectivity index (χ3n) is 10.6. The smallest absolute Gasteiger partial charge is 0.286 e. The Morgan fingerprint density at radius 2 is 0.755 bits per heavy atom. The Morgan fingerprint density at radius 3 is 1.04 bits per heavy atom. The van der Waals surface area contributed by atoms with Crippen LogP contribution < -0.4 is 0 Å². The van der Waals surface area contributed by atoms with Crippen LogP contribution in [0.1, 0.15) is 239 Å². The molecule has 0 saturated carbocycles. The molecule has 0 radical (unpaired) electrons. The molecular weight excluding hydrogens is 606 g/mol. The third-order valence-corrected chi connectivity index (χ3v) is 10.6. The van der Waals surface area contributed by atoms with E-state index in [-0.39, 0.29) is 6.61 Å². The summed E-state index contributed by atoms with van der Waals surface area (Å²) in [4.78, 5) is 15.3. The van der Waals surface area contributed by atoms with Crippen LogP contribution in [-0.4, -0.2) is 60.7 Å². The van der Waals surface area contributed by atoms with Crippen LogP contribution in [0.2, 0.25) is 0 Å². The first kappa shape index (κ1) is 48.3. The molecule has 0 fully saturated rings. The molecule has 2 N–H and O–H groups in total. The quantitative estimate of drug-likeness (QED) is 0.0380. The molecule has 0 aliphatic rings. The minimum absolute atomic E-state index is 0.285. The fourth-order valence-corrected chi connectivity index (χ4v) is 7.09. The Balaban J connectivity index is 4.04. The van der Waals surface area contributed by atoms with Gasteiger partial charge in [-0.25, -0.2) is 0 Å². The summed E-state index contributed by atoms with van der Waals surface area (Å²) in [6.45, 7) is 6.74. The molecule has 49 heavy (non-hydrogen) atoms. The van der Waals surface area contributed by atoms with Crippen molar-refractivity contribution in [2.45, 2.75) is 245 Å². The maximum absolute atomic E-state index is 13.2. The number of aliphatic hydroxyl groups is 2. The highest BCUT2D eigenvalue weighted by Crippen LogP contribution is 2.16. The van der Waals surface area contributed by atoms with Crippen LogP contribution in [0.4, 0.5) is 0 Å². The number of hydrogen-bond donors (Lipinski definition) is 2. The van der Waals surface area contributed by atoms with Crippen molar-refractivity contribution in [2.75, 3.05) is 33.4 Å². The molecule has 1 amide bonds. The highest BCUT2D eigenvalue weighted by atomic mass is 16.8. The molecule has 5 heteroatoms. The van der Waals surface area contributed by atoms with Gasteiger partial charge in [0.05, 0.1) is 0 Å². The van der Waals surface area contributed by atoms with E-state index < -0.39 is 6.29 Å². The minimum atomic E-state index is -0.892. The van der Waals surface area contributed by atoms with Gasteiger partial charge in [0.15, 0.2) is 0 Å². The number of amides is 1. The zero-order chi connectivity index (χ0) is 35.9. The van der Waals surface area contributed by atoms with Crippen molar-refractivity contribution in [2.24, 2.45) is 0 Å². The lowest BCUT2D eigenvalue weighted by atomic mass is 10.0. The lowest BCUT2D eigenvalue weighted by molar-refractivity contribution is -0.260. The van der Waals surface area contributed by atoms with Crippen molar-refractivity contribution in [3.63, 3.8) is 0 Å². The molecule has 1 atom stereocenters. The molecule has 0 bridgehead atoms. The molecule has 0 aliphatic carbocycles. The average Bonchev–Trinajstić information content (AvgIpc) is 3.11. The monoisotopic (exact) mass is 697 g/mol. The van der Waals surface area contributed by atoms with E-state index in [2.05, 4.69) is 23.1 Å². The maximum atomic E-state index is 13.2. The van der Waals surface area contributed by atoms with Gasteiger partial charge in [-0.3, -0.25) is 4.79 Å². The van der Waals surface area contributed by atoms with Crippen LogP contribution in [0, 0.1) is 0 Å². The zero-order valence-electron chi connectivity index (χ0n) is 33.8. The molecular formula is C44H90NO4+. The number of aliphatic hydroxyl groups excluding tert-OH is 2. The van der Waals surface area contributed by atoms with E-state index in [1.807, 2.05) is 0 Å². The summed E-state index contributed by atoms with van der Waals surface area (Å²) in [5, 5.41) is 18.8. The van der Waals surface area contributed by atoms with E-state index in [1.165, 1.54) is 193 Å². The second kappa shape index (κ2) is 40.1. The number of hydrogen-bond acceptors (Lipinski definition) is 3. The molecule has 0 aromatic heterocycles. The predicted molar refractivity (Wildman–Crippen MR) is 214 cm³/mol. The lowest BCUT2D eigenvalue weighted by Gasteiger charge is -2.23. The van der Waals surface area contributed by atoms with Crippen molar-refractivity contribution >= 4 is 5.91 Å². The number of nitrogens with zero attached hydrogens (tertiary/aromatic N) is 1. The highest BCUT2D eigenvalue weighted by molar-refractivity contribution is 5.76. The van der Waals surface area contributed by atoms with E-state index in [9.17, 15) is 9.90 Å². The largest absolute Gasteiger partial charge is 0.399 e. The van der Waals surface area contributed by atoms with E-state index in [0.717, 1.165) is 38.8 Å². The lowest BCUT2D eigenvalue weighted by Crippen LogP contribution is -2.33. The Kier molecular flexibility index (Phi) is 39.6. The van der Waals surface area contributed by atoms with Gasteiger partial charge in [0.1, 0.15) is 20.3 Å². The fourth-order valence-electron chi connectivity index (χ4n) is 7.09. The van der Waals surface area contributed by atoms with Crippen molar-refractivity contribution < 1.29 is 19.4 Å². The number of rotatable bonds is 41. The van der Waals surface area contributed by atoms with Gasteiger partial charge in [-0.05, 0) is 19.3 Å². The summed E-state index contributed by atoms with van der Waals surface area (Å²) in [6, 6.07) is 0. The molecule has 5 nitrogen and oxygen atoms in total. The van der Waals surface area contributed by atoms with Gasteiger partial charge in [-0.1, -0.05) is 206 Å². The van der Waals surface area contributed by atoms with Crippen molar-refractivity contribution in [1.29, 1.82) is 0 Å². The van der Waals surface area contributed by atoms with Gasteiger partial charge < -0.3 is 19.5 Å². The molecule has 1 unspecified atom stereocenters. The fraction of sp³-hybridized carbons (Fsp3) is 0.977. The second-order valence-electron chi connectivity index (χ2n) is 15.5. The summed E-state index contributed by atoms with van der Waals surface area (Å²) in [7, 11) is 1.74. The van der Waals surface area contributed by atoms with Crippen LogP contribution in [0.25, 0.3) is 0 Å². The van der Waals surface area contributed by atoms with E-state index >= 15 is 0 Å². The van der Waals surface area contributed by atoms with Gasteiger partial charge >= 0.3 is 0 Å². The molecule has 0 saturated heterocycles. The predicted octanol–water partition coefficient (Wildman–Crippen LogP) is 13.0. The third kappa shape index (κ3) is 35.5. The minimum Gasteiger partial charge on any atom is -0.399 e. The molecule has 0 aromatic rings. The first-order valence-corrected chi connectivity index (χ1v) is 22.2. The van der Waals surface area contributed by atoms with Crippen molar-refractivity contribution in [3.8, 4) is 0 Å². The van der Waals surface area contributed by atoms with E-state index in [0.29, 0.717) is 18.9 Å². The van der Waals surface area contributed by atoms with Gasteiger partial charge in [-0.15, -0.1) is 0 Å². The first-order valence-electron chi connectivity index (χ1n) is 22.2. The molecule has 0 heterocycles. The summed E-state index contributed by atoms with van der Waals surface area (Å²) in [5.74, 6) is 0.303. The van der Waals surface area contributed by atoms with E-state index in [4.69, 9.17) is 5.11 Å². The molecule has 0 rings (SSSR count). The molecule has 0 spiro atoms. The Hall–Kier alpha value is -0.650. The van der Waals surface area contributed by atoms with Crippen LogP contribution in [-0.2, 0) is 9.16 Å². The second-order valence-corrected chi connectivity index (χ2v) is 15.5. The summed E-state index contributed by atoms with van der Waals surface area (Å²) in [5.41, 5.74) is 0. The van der Waals surface area contributed by atoms with E-state index in [1.54, 1.807) is 7.11 Å². The normalized spacial score (nSPS) is 12.3. The average molecular weight is 697 g/mol. The summed E-state index contributed by atoms with van der Waals surface area (Å²) >= 11 is 0. The van der Waals surface area contributed by atoms with Crippen LogP contribution in [0.3, 0.4) is 0 Å². The van der Waals surface area contributed by atoms with Crippen molar-refractivity contribution in [1.82, 2.24) is 4.90 Å². The Labute approximate surface area is 307 Å². The molecule has 0 aliphatic heterocycles.